The number of hydrogen-bond acceptors (Lipinski definition) is 7. The van der Waals surface area contributed by atoms with Crippen molar-refractivity contribution in [1.29, 1.82) is 0 Å². The minimum absolute atomic E-state index is 0.165. The normalized spacial score (nSPS) is 24.0. The molecule has 2 heterocycles. The standard InChI is InChI=1S/C24H26ClF2NO7S2/c1-23(2,22(28)29)36(30,31)12-9-19-16-13-35-21-18(27)8-7-17(26)20(21)24(16,10-11-34-19)37(32,33)15-5-3-14(25)4-6-15/h3-8,16,19H,9-13H2,1-2H3,(H2,28,29)/t16-,19-,24-/m0/s1. The molecule has 0 spiro atoms. The van der Waals surface area contributed by atoms with Crippen LogP contribution in [-0.4, -0.2) is 52.6 Å². The van der Waals surface area contributed by atoms with E-state index < -0.39 is 75.8 Å². The number of sulfone groups is 2. The van der Waals surface area contributed by atoms with E-state index >= 15 is 4.39 Å². The summed E-state index contributed by atoms with van der Waals surface area (Å²) >= 11 is 5.94. The van der Waals surface area contributed by atoms with Crippen molar-refractivity contribution in [3.8, 4) is 5.75 Å². The molecule has 202 valence electrons. The summed E-state index contributed by atoms with van der Waals surface area (Å²) in [5, 5.41) is 0.282. The number of primary amides is 1. The number of amides is 1. The molecule has 2 aliphatic rings. The second-order valence-electron chi connectivity index (χ2n) is 9.64. The lowest BCUT2D eigenvalue weighted by molar-refractivity contribution is -0.119. The number of carbonyl (C=O) groups is 1. The Bertz CT molecular complexity index is 1450. The van der Waals surface area contributed by atoms with Crippen LogP contribution in [0.4, 0.5) is 8.78 Å². The van der Waals surface area contributed by atoms with E-state index in [1.165, 1.54) is 38.1 Å². The lowest BCUT2D eigenvalue weighted by Gasteiger charge is -2.50. The highest BCUT2D eigenvalue weighted by Crippen LogP contribution is 2.56. The highest BCUT2D eigenvalue weighted by molar-refractivity contribution is 7.93. The lowest BCUT2D eigenvalue weighted by atomic mass is 9.75. The first-order valence-corrected chi connectivity index (χ1v) is 14.9. The molecule has 0 bridgehead atoms. The fraction of sp³-hybridized carbons (Fsp3) is 0.458. The number of benzene rings is 2. The Kier molecular flexibility index (Phi) is 7.11. The molecule has 1 saturated heterocycles. The van der Waals surface area contributed by atoms with Crippen molar-refractivity contribution in [2.24, 2.45) is 11.7 Å². The molecule has 3 atom stereocenters. The molecule has 0 radical (unpaired) electrons. The van der Waals surface area contributed by atoms with Gasteiger partial charge in [0, 0.05) is 17.5 Å². The fourth-order valence-electron chi connectivity index (χ4n) is 5.01. The Morgan fingerprint density at radius 3 is 2.35 bits per heavy atom. The number of ether oxygens (including phenoxy) is 2. The molecule has 0 aromatic heterocycles. The van der Waals surface area contributed by atoms with Crippen LogP contribution in [0.2, 0.25) is 5.02 Å². The topological polar surface area (TPSA) is 130 Å². The first-order valence-electron chi connectivity index (χ1n) is 11.4. The van der Waals surface area contributed by atoms with Gasteiger partial charge < -0.3 is 15.2 Å². The minimum Gasteiger partial charge on any atom is -0.490 e. The maximum atomic E-state index is 15.4. The highest BCUT2D eigenvalue weighted by atomic mass is 35.5. The average molecular weight is 578 g/mol. The van der Waals surface area contributed by atoms with E-state index in [1.807, 2.05) is 0 Å². The van der Waals surface area contributed by atoms with Crippen LogP contribution >= 0.6 is 11.6 Å². The van der Waals surface area contributed by atoms with Crippen molar-refractivity contribution in [3.63, 3.8) is 0 Å². The number of rotatable bonds is 7. The molecule has 0 unspecified atom stereocenters. The van der Waals surface area contributed by atoms with Gasteiger partial charge in [-0.2, -0.15) is 0 Å². The molecule has 13 heteroatoms. The van der Waals surface area contributed by atoms with E-state index in [9.17, 15) is 26.0 Å². The van der Waals surface area contributed by atoms with E-state index in [0.29, 0.717) is 0 Å². The monoisotopic (exact) mass is 577 g/mol. The molecule has 2 aromatic rings. The molecule has 2 N–H and O–H groups in total. The molecule has 37 heavy (non-hydrogen) atoms. The fourth-order valence-corrected chi connectivity index (χ4v) is 8.84. The minimum atomic E-state index is -4.43. The van der Waals surface area contributed by atoms with Gasteiger partial charge in [0.05, 0.1) is 28.9 Å². The van der Waals surface area contributed by atoms with E-state index in [1.54, 1.807) is 0 Å². The summed E-state index contributed by atoms with van der Waals surface area (Å²) < 4.78 is 91.9. The van der Waals surface area contributed by atoms with Crippen molar-refractivity contribution in [2.45, 2.75) is 47.2 Å². The number of fused-ring (bicyclic) bond motifs is 3. The van der Waals surface area contributed by atoms with Gasteiger partial charge in [0.15, 0.2) is 31.2 Å². The SMILES string of the molecule is CC(C)(C(N)=O)S(=O)(=O)CC[C@@H]1OCC[C@@]2(S(=O)(=O)c3ccc(Cl)cc3)c3c(F)ccc(F)c3OC[C@@H]12. The van der Waals surface area contributed by atoms with Gasteiger partial charge in [-0.3, -0.25) is 4.79 Å². The molecule has 2 aromatic carbocycles. The molecule has 8 nitrogen and oxygen atoms in total. The maximum absolute atomic E-state index is 15.4. The van der Waals surface area contributed by atoms with Gasteiger partial charge in [0.2, 0.25) is 5.91 Å². The summed E-state index contributed by atoms with van der Waals surface area (Å²) in [6.45, 7) is 1.81. The summed E-state index contributed by atoms with van der Waals surface area (Å²) in [5.41, 5.74) is 4.82. The number of carbonyl (C=O) groups excluding carboxylic acids is 1. The zero-order valence-electron chi connectivity index (χ0n) is 20.0. The smallest absolute Gasteiger partial charge is 0.238 e. The molecule has 4 rings (SSSR count). The zero-order valence-corrected chi connectivity index (χ0v) is 22.4. The largest absolute Gasteiger partial charge is 0.490 e. The molecule has 2 aliphatic heterocycles. The van der Waals surface area contributed by atoms with Crippen molar-refractivity contribution in [1.82, 2.24) is 0 Å². The van der Waals surface area contributed by atoms with E-state index in [2.05, 4.69) is 0 Å². The van der Waals surface area contributed by atoms with Gasteiger partial charge in [-0.1, -0.05) is 11.6 Å². The third-order valence-corrected chi connectivity index (χ3v) is 12.7. The van der Waals surface area contributed by atoms with Crippen molar-refractivity contribution in [3.05, 3.63) is 58.6 Å². The van der Waals surface area contributed by atoms with Crippen LogP contribution in [0.3, 0.4) is 0 Å². The van der Waals surface area contributed by atoms with Crippen LogP contribution in [-0.2, 0) is 34.0 Å². The molecule has 1 amide bonds. The van der Waals surface area contributed by atoms with Gasteiger partial charge in [0.1, 0.15) is 15.3 Å². The van der Waals surface area contributed by atoms with Crippen LogP contribution < -0.4 is 10.5 Å². The van der Waals surface area contributed by atoms with Crippen molar-refractivity contribution < 1.29 is 39.9 Å². The summed E-state index contributed by atoms with van der Waals surface area (Å²) in [5.74, 6) is -5.09. The summed E-state index contributed by atoms with van der Waals surface area (Å²) in [6, 6.07) is 6.99. The van der Waals surface area contributed by atoms with Gasteiger partial charge in [0.25, 0.3) is 0 Å². The Hall–Kier alpha value is -2.28. The Morgan fingerprint density at radius 1 is 1.11 bits per heavy atom. The van der Waals surface area contributed by atoms with Gasteiger partial charge in [-0.25, -0.2) is 25.6 Å². The van der Waals surface area contributed by atoms with Crippen LogP contribution in [0.1, 0.15) is 32.3 Å². The highest BCUT2D eigenvalue weighted by Gasteiger charge is 2.61. The average Bonchev–Trinajstić information content (AvgIpc) is 2.84. The molecular formula is C24H26ClF2NO7S2. The summed E-state index contributed by atoms with van der Waals surface area (Å²) in [4.78, 5) is 11.6. The Balaban J connectivity index is 1.85. The lowest BCUT2D eigenvalue weighted by Crippen LogP contribution is -2.58. The third kappa shape index (κ3) is 4.31. The Labute approximate surface area is 218 Å². The second-order valence-corrected chi connectivity index (χ2v) is 14.9. The zero-order chi connectivity index (χ0) is 27.4. The van der Waals surface area contributed by atoms with E-state index in [4.69, 9.17) is 26.8 Å². The van der Waals surface area contributed by atoms with Crippen LogP contribution in [0, 0.1) is 17.6 Å². The molecular weight excluding hydrogens is 552 g/mol. The van der Waals surface area contributed by atoms with Crippen LogP contribution in [0.25, 0.3) is 0 Å². The van der Waals surface area contributed by atoms with Gasteiger partial charge in [-0.05, 0) is 63.1 Å². The molecule has 1 fully saturated rings. The maximum Gasteiger partial charge on any atom is 0.238 e. The first kappa shape index (κ1) is 27.7. The quantitative estimate of drug-likeness (QED) is 0.535. The number of halogens is 3. The number of hydrogen-bond donors (Lipinski definition) is 1. The molecule has 0 aliphatic carbocycles. The molecule has 0 saturated carbocycles. The second kappa shape index (κ2) is 9.48. The number of nitrogens with two attached hydrogens (primary N) is 1. The first-order chi connectivity index (χ1) is 17.2. The predicted molar refractivity (Wildman–Crippen MR) is 132 cm³/mol. The van der Waals surface area contributed by atoms with Crippen LogP contribution in [0.15, 0.2) is 41.3 Å². The van der Waals surface area contributed by atoms with Crippen LogP contribution in [0.5, 0.6) is 5.75 Å². The predicted octanol–water partition coefficient (Wildman–Crippen LogP) is 3.15. The van der Waals surface area contributed by atoms with E-state index in [0.717, 1.165) is 12.1 Å². The van der Waals surface area contributed by atoms with Gasteiger partial charge in [-0.15, -0.1) is 0 Å². The van der Waals surface area contributed by atoms with Crippen molar-refractivity contribution >= 4 is 37.2 Å². The van der Waals surface area contributed by atoms with Gasteiger partial charge >= 0.3 is 0 Å². The summed E-state index contributed by atoms with van der Waals surface area (Å²) in [7, 11) is -8.51. The van der Waals surface area contributed by atoms with E-state index in [-0.39, 0.29) is 36.0 Å². The van der Waals surface area contributed by atoms with Crippen molar-refractivity contribution in [2.75, 3.05) is 19.0 Å². The third-order valence-electron chi connectivity index (χ3n) is 7.39. The Morgan fingerprint density at radius 2 is 1.73 bits per heavy atom. The summed E-state index contributed by atoms with van der Waals surface area (Å²) in [6.07, 6.45) is -1.49.